The second-order valence-corrected chi connectivity index (χ2v) is 6.90. The van der Waals surface area contributed by atoms with Crippen LogP contribution in [-0.4, -0.2) is 41.9 Å². The Hall–Kier alpha value is -1.55. The van der Waals surface area contributed by atoms with Gasteiger partial charge >= 0.3 is 6.09 Å². The van der Waals surface area contributed by atoms with Crippen molar-refractivity contribution in [3.05, 3.63) is 35.9 Å². The van der Waals surface area contributed by atoms with E-state index in [2.05, 4.69) is 24.3 Å². The van der Waals surface area contributed by atoms with E-state index in [0.717, 1.165) is 6.42 Å². The normalized spacial score (nSPS) is 28.5. The second kappa shape index (κ2) is 5.34. The van der Waals surface area contributed by atoms with Crippen molar-refractivity contribution in [1.82, 2.24) is 4.90 Å². The molecule has 1 aromatic rings. The third-order valence-electron chi connectivity index (χ3n) is 4.17. The molecule has 4 heteroatoms. The quantitative estimate of drug-likeness (QED) is 0.797. The first-order valence-corrected chi connectivity index (χ1v) is 7.60. The fraction of sp³-hybridized carbons (Fsp3) is 0.588. The molecule has 2 aliphatic rings. The van der Waals surface area contributed by atoms with Crippen LogP contribution in [0.2, 0.25) is 0 Å². The Kier molecular flexibility index (Phi) is 3.66. The van der Waals surface area contributed by atoms with Gasteiger partial charge in [0.15, 0.2) is 0 Å². The SMILES string of the molecule is CC(C)(C)OC(=O)N1C2COCC1C(c1ccccc1)C2. The highest BCUT2D eigenvalue weighted by Crippen LogP contribution is 2.41. The van der Waals surface area contributed by atoms with Gasteiger partial charge in [0.05, 0.1) is 25.3 Å². The van der Waals surface area contributed by atoms with Crippen LogP contribution >= 0.6 is 0 Å². The second-order valence-electron chi connectivity index (χ2n) is 6.90. The molecule has 0 aromatic heterocycles. The number of rotatable bonds is 1. The van der Waals surface area contributed by atoms with Crippen molar-refractivity contribution in [3.8, 4) is 0 Å². The Labute approximate surface area is 126 Å². The van der Waals surface area contributed by atoms with Crippen LogP contribution in [-0.2, 0) is 9.47 Å². The fourth-order valence-electron chi connectivity index (χ4n) is 3.36. The van der Waals surface area contributed by atoms with Crippen LogP contribution in [0.25, 0.3) is 0 Å². The first-order chi connectivity index (χ1) is 9.96. The van der Waals surface area contributed by atoms with Crippen LogP contribution in [0.1, 0.15) is 38.7 Å². The summed E-state index contributed by atoms with van der Waals surface area (Å²) in [7, 11) is 0. The summed E-state index contributed by atoms with van der Waals surface area (Å²) < 4.78 is 11.2. The fourth-order valence-corrected chi connectivity index (χ4v) is 3.36. The number of fused-ring (bicyclic) bond motifs is 2. The number of benzene rings is 1. The molecule has 114 valence electrons. The average molecular weight is 289 g/mol. The van der Waals surface area contributed by atoms with Crippen LogP contribution in [0.4, 0.5) is 4.79 Å². The predicted molar refractivity (Wildman–Crippen MR) is 80.3 cm³/mol. The molecule has 0 saturated carbocycles. The van der Waals surface area contributed by atoms with Gasteiger partial charge in [0.2, 0.25) is 0 Å². The molecule has 2 bridgehead atoms. The van der Waals surface area contributed by atoms with E-state index < -0.39 is 5.60 Å². The van der Waals surface area contributed by atoms with Crippen LogP contribution in [0.15, 0.2) is 30.3 Å². The van der Waals surface area contributed by atoms with Gasteiger partial charge in [-0.15, -0.1) is 0 Å². The molecule has 2 fully saturated rings. The van der Waals surface area contributed by atoms with Crippen LogP contribution < -0.4 is 0 Å². The maximum Gasteiger partial charge on any atom is 0.410 e. The smallest absolute Gasteiger partial charge is 0.410 e. The minimum atomic E-state index is -0.461. The zero-order chi connectivity index (χ0) is 15.0. The van der Waals surface area contributed by atoms with Gasteiger partial charge in [0, 0.05) is 5.92 Å². The number of hydrogen-bond donors (Lipinski definition) is 0. The lowest BCUT2D eigenvalue weighted by Gasteiger charge is -2.36. The molecular weight excluding hydrogens is 266 g/mol. The van der Waals surface area contributed by atoms with Gasteiger partial charge in [0.25, 0.3) is 0 Å². The number of ether oxygens (including phenoxy) is 2. The van der Waals surface area contributed by atoms with Crippen LogP contribution in [0.3, 0.4) is 0 Å². The van der Waals surface area contributed by atoms with E-state index in [1.807, 2.05) is 31.7 Å². The molecule has 0 N–H and O–H groups in total. The lowest BCUT2D eigenvalue weighted by molar-refractivity contribution is -0.0382. The standard InChI is InChI=1S/C17H23NO3/c1-17(2,3)21-16(19)18-13-9-14(15(18)11-20-10-13)12-7-5-4-6-8-12/h4-8,13-15H,9-11H2,1-3H3. The topological polar surface area (TPSA) is 38.8 Å². The molecule has 2 saturated heterocycles. The number of carbonyl (C=O) groups excluding carboxylic acids is 1. The largest absolute Gasteiger partial charge is 0.444 e. The van der Waals surface area contributed by atoms with Gasteiger partial charge in [-0.25, -0.2) is 4.79 Å². The molecule has 1 aromatic carbocycles. The van der Waals surface area contributed by atoms with Crippen molar-refractivity contribution in [2.75, 3.05) is 13.2 Å². The molecule has 0 aliphatic carbocycles. The Morgan fingerprint density at radius 2 is 1.95 bits per heavy atom. The number of carbonyl (C=O) groups is 1. The van der Waals surface area contributed by atoms with E-state index in [1.165, 1.54) is 5.56 Å². The zero-order valence-corrected chi connectivity index (χ0v) is 12.9. The molecule has 0 spiro atoms. The Bertz CT molecular complexity index is 509. The van der Waals surface area contributed by atoms with E-state index in [4.69, 9.17) is 9.47 Å². The van der Waals surface area contributed by atoms with E-state index >= 15 is 0 Å². The molecule has 3 unspecified atom stereocenters. The van der Waals surface area contributed by atoms with E-state index in [9.17, 15) is 4.79 Å². The van der Waals surface area contributed by atoms with Gasteiger partial charge in [0.1, 0.15) is 5.60 Å². The van der Waals surface area contributed by atoms with Crippen LogP contribution in [0, 0.1) is 0 Å². The highest BCUT2D eigenvalue weighted by molar-refractivity contribution is 5.70. The molecule has 4 nitrogen and oxygen atoms in total. The van der Waals surface area contributed by atoms with E-state index in [-0.39, 0.29) is 18.2 Å². The van der Waals surface area contributed by atoms with E-state index in [0.29, 0.717) is 19.1 Å². The van der Waals surface area contributed by atoms with Crippen molar-refractivity contribution < 1.29 is 14.3 Å². The van der Waals surface area contributed by atoms with Crippen molar-refractivity contribution in [2.24, 2.45) is 0 Å². The molecule has 3 rings (SSSR count). The summed E-state index contributed by atoms with van der Waals surface area (Å²) in [6.07, 6.45) is 0.743. The highest BCUT2D eigenvalue weighted by Gasteiger charge is 2.48. The molecule has 0 radical (unpaired) electrons. The van der Waals surface area contributed by atoms with Gasteiger partial charge in [-0.3, -0.25) is 4.90 Å². The lowest BCUT2D eigenvalue weighted by Crippen LogP contribution is -2.51. The lowest BCUT2D eigenvalue weighted by atomic mass is 9.92. The Morgan fingerprint density at radius 1 is 1.24 bits per heavy atom. The molecule has 2 heterocycles. The summed E-state index contributed by atoms with van der Waals surface area (Å²) in [4.78, 5) is 14.4. The minimum absolute atomic E-state index is 0.0843. The average Bonchev–Trinajstić information content (AvgIpc) is 2.65. The number of nitrogens with zero attached hydrogens (tertiary/aromatic N) is 1. The molecule has 2 aliphatic heterocycles. The third kappa shape index (κ3) is 2.91. The Balaban J connectivity index is 1.82. The summed E-state index contributed by atoms with van der Waals surface area (Å²) in [5.41, 5.74) is 0.820. The first kappa shape index (κ1) is 14.4. The maximum absolute atomic E-state index is 12.5. The number of hydrogen-bond acceptors (Lipinski definition) is 3. The summed E-state index contributed by atoms with van der Waals surface area (Å²) in [5, 5.41) is 0. The van der Waals surface area contributed by atoms with Gasteiger partial charge in [-0.2, -0.15) is 0 Å². The third-order valence-corrected chi connectivity index (χ3v) is 4.17. The maximum atomic E-state index is 12.5. The van der Waals surface area contributed by atoms with Gasteiger partial charge in [-0.05, 0) is 32.8 Å². The first-order valence-electron chi connectivity index (χ1n) is 7.60. The number of amides is 1. The monoisotopic (exact) mass is 289 g/mol. The zero-order valence-electron chi connectivity index (χ0n) is 12.9. The Morgan fingerprint density at radius 3 is 2.62 bits per heavy atom. The van der Waals surface area contributed by atoms with Gasteiger partial charge in [-0.1, -0.05) is 30.3 Å². The van der Waals surface area contributed by atoms with Crippen molar-refractivity contribution in [2.45, 2.75) is 50.8 Å². The summed E-state index contributed by atoms with van der Waals surface area (Å²) in [6, 6.07) is 10.6. The molecule has 1 amide bonds. The van der Waals surface area contributed by atoms with Crippen molar-refractivity contribution in [1.29, 1.82) is 0 Å². The van der Waals surface area contributed by atoms with Crippen molar-refractivity contribution in [3.63, 3.8) is 0 Å². The summed E-state index contributed by atoms with van der Waals surface area (Å²) >= 11 is 0. The predicted octanol–water partition coefficient (Wildman–Crippen LogP) is 3.18. The van der Waals surface area contributed by atoms with E-state index in [1.54, 1.807) is 0 Å². The molecule has 21 heavy (non-hydrogen) atoms. The summed E-state index contributed by atoms with van der Waals surface area (Å²) in [6.45, 7) is 6.92. The van der Waals surface area contributed by atoms with Crippen LogP contribution in [0.5, 0.6) is 0 Å². The molecule has 3 atom stereocenters. The molecular formula is C17H23NO3. The minimum Gasteiger partial charge on any atom is -0.444 e. The van der Waals surface area contributed by atoms with Gasteiger partial charge < -0.3 is 9.47 Å². The summed E-state index contributed by atoms with van der Waals surface area (Å²) in [5.74, 6) is 0.339. The highest BCUT2D eigenvalue weighted by atomic mass is 16.6. The number of morpholine rings is 1. The van der Waals surface area contributed by atoms with Crippen molar-refractivity contribution >= 4 is 6.09 Å².